The number of piperazine rings is 1. The van der Waals surface area contributed by atoms with Gasteiger partial charge in [-0.15, -0.1) is 0 Å². The van der Waals surface area contributed by atoms with Gasteiger partial charge in [0.25, 0.3) is 0 Å². The molecule has 3 heterocycles. The third-order valence-electron chi connectivity index (χ3n) is 4.17. The van der Waals surface area contributed by atoms with Crippen LogP contribution >= 0.6 is 12.2 Å². The molecule has 0 bridgehead atoms. The van der Waals surface area contributed by atoms with Crippen LogP contribution in [-0.4, -0.2) is 68.2 Å². The Bertz CT molecular complexity index is 797. The van der Waals surface area contributed by atoms with Gasteiger partial charge in [0.2, 0.25) is 10.7 Å². The molecule has 8 heteroatoms. The Morgan fingerprint density at radius 2 is 1.88 bits per heavy atom. The van der Waals surface area contributed by atoms with Gasteiger partial charge in [0.1, 0.15) is 0 Å². The lowest BCUT2D eigenvalue weighted by Crippen LogP contribution is -2.51. The fourth-order valence-corrected chi connectivity index (χ4v) is 3.25. The van der Waals surface area contributed by atoms with Crippen molar-refractivity contribution in [2.75, 3.05) is 32.7 Å². The minimum absolute atomic E-state index is 0.0866. The van der Waals surface area contributed by atoms with Crippen LogP contribution in [0.4, 0.5) is 0 Å². The molecule has 0 saturated carbocycles. The molecule has 3 rings (SSSR count). The summed E-state index contributed by atoms with van der Waals surface area (Å²) in [6.07, 6.45) is 1.94. The third kappa shape index (κ3) is 4.65. The maximum Gasteiger partial charge on any atom is 0.234 e. The van der Waals surface area contributed by atoms with Gasteiger partial charge < -0.3 is 5.32 Å². The van der Waals surface area contributed by atoms with E-state index in [1.165, 1.54) is 0 Å². The van der Waals surface area contributed by atoms with E-state index in [-0.39, 0.29) is 11.4 Å². The molecule has 7 nitrogen and oxygen atoms in total. The van der Waals surface area contributed by atoms with Crippen molar-refractivity contribution in [1.29, 1.82) is 0 Å². The van der Waals surface area contributed by atoms with Gasteiger partial charge in [0.15, 0.2) is 5.65 Å². The maximum atomic E-state index is 12.0. The molecule has 1 amide bonds. The van der Waals surface area contributed by atoms with Crippen LogP contribution in [0.5, 0.6) is 0 Å². The van der Waals surface area contributed by atoms with Gasteiger partial charge >= 0.3 is 0 Å². The van der Waals surface area contributed by atoms with E-state index >= 15 is 0 Å². The van der Waals surface area contributed by atoms with Gasteiger partial charge in [0.05, 0.1) is 13.2 Å². The van der Waals surface area contributed by atoms with Gasteiger partial charge in [-0.25, -0.2) is 4.68 Å². The standard InChI is InChI=1S/C17H26N6OS/c1-17(2,3)18-15(24)12-20-8-10-21(11-9-20)13-23-16(25)22-7-5-4-6-14(22)19-23/h4-7H,8-13H2,1-3H3,(H,18,24). The number of nitrogens with zero attached hydrogens (tertiary/aromatic N) is 5. The molecule has 1 aliphatic rings. The first kappa shape index (κ1) is 18.0. The summed E-state index contributed by atoms with van der Waals surface area (Å²) < 4.78 is 4.50. The predicted octanol–water partition coefficient (Wildman–Crippen LogP) is 1.36. The number of hydrogen-bond acceptors (Lipinski definition) is 5. The molecule has 25 heavy (non-hydrogen) atoms. The first-order valence-electron chi connectivity index (χ1n) is 8.62. The minimum atomic E-state index is -0.182. The highest BCUT2D eigenvalue weighted by atomic mass is 32.1. The van der Waals surface area contributed by atoms with Crippen LogP contribution in [0.15, 0.2) is 24.4 Å². The van der Waals surface area contributed by atoms with Gasteiger partial charge in [-0.2, -0.15) is 5.10 Å². The number of carbonyl (C=O) groups is 1. The number of carbonyl (C=O) groups excluding carboxylic acids is 1. The topological polar surface area (TPSA) is 57.8 Å². The van der Waals surface area contributed by atoms with E-state index in [1.807, 2.05) is 54.2 Å². The Hall–Kier alpha value is -1.77. The lowest BCUT2D eigenvalue weighted by Gasteiger charge is -2.34. The van der Waals surface area contributed by atoms with E-state index in [4.69, 9.17) is 12.2 Å². The minimum Gasteiger partial charge on any atom is -0.350 e. The Labute approximate surface area is 153 Å². The molecule has 0 aromatic carbocycles. The highest BCUT2D eigenvalue weighted by molar-refractivity contribution is 7.71. The van der Waals surface area contributed by atoms with Crippen molar-refractivity contribution in [3.05, 3.63) is 29.2 Å². The molecule has 0 unspecified atom stereocenters. The quantitative estimate of drug-likeness (QED) is 0.832. The number of amides is 1. The van der Waals surface area contributed by atoms with E-state index in [0.717, 1.165) is 31.8 Å². The summed E-state index contributed by atoms with van der Waals surface area (Å²) in [4.78, 5) is 16.6. The lowest BCUT2D eigenvalue weighted by atomic mass is 10.1. The molecule has 1 aliphatic heterocycles. The number of aromatic nitrogens is 3. The molecular formula is C17H26N6OS. The Balaban J connectivity index is 1.53. The van der Waals surface area contributed by atoms with Crippen molar-refractivity contribution in [3.63, 3.8) is 0 Å². The van der Waals surface area contributed by atoms with Gasteiger partial charge in [-0.05, 0) is 45.1 Å². The highest BCUT2D eigenvalue weighted by Gasteiger charge is 2.21. The van der Waals surface area contributed by atoms with Crippen LogP contribution in [-0.2, 0) is 11.5 Å². The number of rotatable bonds is 4. The van der Waals surface area contributed by atoms with Crippen LogP contribution in [0.25, 0.3) is 5.65 Å². The second-order valence-corrected chi connectivity index (χ2v) is 7.91. The normalized spacial score (nSPS) is 17.1. The molecule has 2 aromatic rings. The number of fused-ring (bicyclic) bond motifs is 1. The second-order valence-electron chi connectivity index (χ2n) is 7.54. The van der Waals surface area contributed by atoms with Gasteiger partial charge in [-0.1, -0.05) is 6.07 Å². The fraction of sp³-hybridized carbons (Fsp3) is 0.588. The van der Waals surface area contributed by atoms with Crippen molar-refractivity contribution < 1.29 is 4.79 Å². The zero-order valence-electron chi connectivity index (χ0n) is 15.1. The van der Waals surface area contributed by atoms with Crippen molar-refractivity contribution in [2.24, 2.45) is 0 Å². The predicted molar refractivity (Wildman–Crippen MR) is 99.9 cm³/mol. The van der Waals surface area contributed by atoms with Crippen molar-refractivity contribution in [1.82, 2.24) is 29.3 Å². The first-order valence-corrected chi connectivity index (χ1v) is 9.02. The average Bonchev–Trinajstić information content (AvgIpc) is 2.84. The summed E-state index contributed by atoms with van der Waals surface area (Å²) in [7, 11) is 0. The smallest absolute Gasteiger partial charge is 0.234 e. The summed E-state index contributed by atoms with van der Waals surface area (Å²) >= 11 is 5.50. The van der Waals surface area contributed by atoms with Crippen LogP contribution in [0, 0.1) is 4.77 Å². The SMILES string of the molecule is CC(C)(C)NC(=O)CN1CCN(Cn2nc3ccccn3c2=S)CC1. The molecule has 1 saturated heterocycles. The van der Waals surface area contributed by atoms with E-state index in [2.05, 4.69) is 20.2 Å². The van der Waals surface area contributed by atoms with Crippen LogP contribution < -0.4 is 5.32 Å². The van der Waals surface area contributed by atoms with E-state index < -0.39 is 0 Å². The summed E-state index contributed by atoms with van der Waals surface area (Å²) in [6, 6.07) is 5.87. The summed E-state index contributed by atoms with van der Waals surface area (Å²) in [5, 5.41) is 7.59. The highest BCUT2D eigenvalue weighted by Crippen LogP contribution is 2.07. The van der Waals surface area contributed by atoms with E-state index in [1.54, 1.807) is 0 Å². The van der Waals surface area contributed by atoms with Crippen LogP contribution in [0.1, 0.15) is 20.8 Å². The van der Waals surface area contributed by atoms with Gasteiger partial charge in [-0.3, -0.25) is 19.0 Å². The maximum absolute atomic E-state index is 12.0. The number of hydrogen-bond donors (Lipinski definition) is 1. The molecule has 2 aromatic heterocycles. The molecular weight excluding hydrogens is 336 g/mol. The first-order chi connectivity index (χ1) is 11.8. The Kier molecular flexibility index (Phi) is 5.21. The van der Waals surface area contributed by atoms with Crippen LogP contribution in [0.2, 0.25) is 0 Å². The fourth-order valence-electron chi connectivity index (χ4n) is 3.00. The average molecular weight is 363 g/mol. The van der Waals surface area contributed by atoms with E-state index in [0.29, 0.717) is 18.0 Å². The van der Waals surface area contributed by atoms with Crippen molar-refractivity contribution in [2.45, 2.75) is 33.0 Å². The number of pyridine rings is 1. The summed E-state index contributed by atoms with van der Waals surface area (Å²) in [5.74, 6) is 0.0866. The molecule has 1 N–H and O–H groups in total. The Morgan fingerprint density at radius 3 is 2.52 bits per heavy atom. The lowest BCUT2D eigenvalue weighted by molar-refractivity contribution is -0.124. The molecule has 0 aliphatic carbocycles. The monoisotopic (exact) mass is 362 g/mol. The Morgan fingerprint density at radius 1 is 1.20 bits per heavy atom. The molecule has 0 atom stereocenters. The second kappa shape index (κ2) is 7.23. The summed E-state index contributed by atoms with van der Waals surface area (Å²) in [6.45, 7) is 10.7. The molecule has 0 spiro atoms. The molecule has 1 fully saturated rings. The summed E-state index contributed by atoms with van der Waals surface area (Å²) in [5.41, 5.74) is 0.684. The van der Waals surface area contributed by atoms with Crippen molar-refractivity contribution >= 4 is 23.8 Å². The third-order valence-corrected chi connectivity index (χ3v) is 4.58. The zero-order valence-corrected chi connectivity index (χ0v) is 15.9. The largest absolute Gasteiger partial charge is 0.350 e. The zero-order chi connectivity index (χ0) is 18.0. The molecule has 0 radical (unpaired) electrons. The van der Waals surface area contributed by atoms with Crippen LogP contribution in [0.3, 0.4) is 0 Å². The van der Waals surface area contributed by atoms with Crippen molar-refractivity contribution in [3.8, 4) is 0 Å². The van der Waals surface area contributed by atoms with Gasteiger partial charge in [0, 0.05) is 37.9 Å². The number of nitrogens with one attached hydrogen (secondary N) is 1. The van der Waals surface area contributed by atoms with E-state index in [9.17, 15) is 4.79 Å². The molecule has 136 valence electrons.